The number of likely N-dealkylation sites (tertiary alicyclic amines) is 1. The lowest BCUT2D eigenvalue weighted by atomic mass is 9.81. The fraction of sp³-hybridized carbons (Fsp3) is 0.571. The number of rotatable bonds is 4. The second-order valence-electron chi connectivity index (χ2n) is 5.73. The molecule has 1 aromatic heterocycles. The van der Waals surface area contributed by atoms with Gasteiger partial charge in [-0.05, 0) is 30.2 Å². The van der Waals surface area contributed by atoms with Gasteiger partial charge in [0.15, 0.2) is 0 Å². The van der Waals surface area contributed by atoms with E-state index in [1.807, 2.05) is 0 Å². The molecule has 1 amide bonds. The molecular weight excluding hydrogens is 316 g/mol. The highest BCUT2D eigenvalue weighted by Gasteiger charge is 2.56. The van der Waals surface area contributed by atoms with Crippen LogP contribution in [-0.4, -0.2) is 41.6 Å². The summed E-state index contributed by atoms with van der Waals surface area (Å²) >= 11 is 1.02. The highest BCUT2D eigenvalue weighted by Crippen LogP contribution is 2.49. The van der Waals surface area contributed by atoms with Crippen molar-refractivity contribution in [3.05, 3.63) is 16.3 Å². The van der Waals surface area contributed by atoms with Crippen molar-refractivity contribution in [1.29, 1.82) is 0 Å². The highest BCUT2D eigenvalue weighted by molar-refractivity contribution is 7.12. The highest BCUT2D eigenvalue weighted by atomic mass is 32.1. The molecule has 120 valence electrons. The smallest absolute Gasteiger partial charge is 0.387 e. The number of carboxylic acids is 1. The Balaban J connectivity index is 1.80. The molecule has 1 aliphatic heterocycles. The van der Waals surface area contributed by atoms with E-state index in [1.54, 1.807) is 0 Å². The minimum Gasteiger partial charge on any atom is -0.481 e. The Morgan fingerprint density at radius 2 is 2.27 bits per heavy atom. The van der Waals surface area contributed by atoms with Crippen LogP contribution in [0.5, 0.6) is 5.75 Å². The summed E-state index contributed by atoms with van der Waals surface area (Å²) in [4.78, 5) is 25.7. The first-order valence-corrected chi connectivity index (χ1v) is 7.87. The molecule has 0 aromatic carbocycles. The first-order chi connectivity index (χ1) is 10.4. The molecule has 1 aliphatic carbocycles. The third-order valence-electron chi connectivity index (χ3n) is 4.62. The van der Waals surface area contributed by atoms with Crippen molar-refractivity contribution in [3.8, 4) is 5.75 Å². The first kappa shape index (κ1) is 15.2. The maximum absolute atomic E-state index is 12.5. The van der Waals surface area contributed by atoms with E-state index in [0.29, 0.717) is 13.0 Å². The predicted octanol–water partition coefficient (Wildman–Crippen LogP) is 2.68. The van der Waals surface area contributed by atoms with E-state index in [4.69, 9.17) is 0 Å². The normalized spacial score (nSPS) is 27.2. The maximum atomic E-state index is 12.5. The number of amides is 1. The number of fused-ring (bicyclic) bond motifs is 1. The quantitative estimate of drug-likeness (QED) is 0.921. The van der Waals surface area contributed by atoms with Gasteiger partial charge in [-0.25, -0.2) is 0 Å². The molecule has 5 nitrogen and oxygen atoms in total. The number of carbonyl (C=O) groups is 2. The van der Waals surface area contributed by atoms with Gasteiger partial charge in [-0.1, -0.05) is 6.42 Å². The lowest BCUT2D eigenvalue weighted by molar-refractivity contribution is -0.149. The minimum absolute atomic E-state index is 0.0617. The number of ether oxygens (including phenoxy) is 1. The summed E-state index contributed by atoms with van der Waals surface area (Å²) in [5.41, 5.74) is -0.878. The molecule has 0 unspecified atom stereocenters. The van der Waals surface area contributed by atoms with E-state index in [9.17, 15) is 23.5 Å². The summed E-state index contributed by atoms with van der Waals surface area (Å²) < 4.78 is 29.1. The van der Waals surface area contributed by atoms with Gasteiger partial charge in [0.2, 0.25) is 0 Å². The predicted molar refractivity (Wildman–Crippen MR) is 74.3 cm³/mol. The Bertz CT molecular complexity index is 605. The second-order valence-corrected chi connectivity index (χ2v) is 6.64. The Morgan fingerprint density at radius 1 is 1.50 bits per heavy atom. The first-order valence-electron chi connectivity index (χ1n) is 6.99. The summed E-state index contributed by atoms with van der Waals surface area (Å²) in [6.45, 7) is -2.50. The van der Waals surface area contributed by atoms with Crippen molar-refractivity contribution >= 4 is 23.2 Å². The zero-order chi connectivity index (χ0) is 15.9. The molecule has 0 spiro atoms. The van der Waals surface area contributed by atoms with Crippen LogP contribution in [0.3, 0.4) is 0 Å². The van der Waals surface area contributed by atoms with Gasteiger partial charge < -0.3 is 14.7 Å². The van der Waals surface area contributed by atoms with E-state index in [0.717, 1.165) is 24.2 Å². The average Bonchev–Trinajstić information content (AvgIpc) is 3.09. The average molecular weight is 331 g/mol. The van der Waals surface area contributed by atoms with Crippen molar-refractivity contribution in [2.24, 2.45) is 11.3 Å². The van der Waals surface area contributed by atoms with Crippen LogP contribution in [0.4, 0.5) is 8.78 Å². The monoisotopic (exact) mass is 331 g/mol. The van der Waals surface area contributed by atoms with Crippen LogP contribution in [0.1, 0.15) is 28.9 Å². The number of aliphatic carboxylic acids is 1. The summed E-state index contributed by atoms with van der Waals surface area (Å²) in [7, 11) is 0. The van der Waals surface area contributed by atoms with Crippen molar-refractivity contribution in [1.82, 2.24) is 4.90 Å². The van der Waals surface area contributed by atoms with Gasteiger partial charge in [0.25, 0.3) is 5.91 Å². The lowest BCUT2D eigenvalue weighted by Crippen LogP contribution is -2.37. The summed E-state index contributed by atoms with van der Waals surface area (Å²) in [6, 6.07) is 1.33. The molecule has 2 atom stereocenters. The molecule has 3 rings (SSSR count). The third-order valence-corrected chi connectivity index (χ3v) is 5.51. The maximum Gasteiger partial charge on any atom is 0.387 e. The Kier molecular flexibility index (Phi) is 3.80. The van der Waals surface area contributed by atoms with Crippen LogP contribution >= 0.6 is 11.3 Å². The number of nitrogens with zero attached hydrogens (tertiary/aromatic N) is 1. The van der Waals surface area contributed by atoms with Gasteiger partial charge in [-0.2, -0.15) is 8.78 Å². The Hall–Kier alpha value is -1.70. The van der Waals surface area contributed by atoms with Crippen molar-refractivity contribution in [3.63, 3.8) is 0 Å². The molecule has 22 heavy (non-hydrogen) atoms. The summed E-state index contributed by atoms with van der Waals surface area (Å²) in [5, 5.41) is 11.0. The van der Waals surface area contributed by atoms with Crippen LogP contribution in [0, 0.1) is 11.3 Å². The molecule has 2 heterocycles. The SMILES string of the molecule is O=C(c1sccc1OC(F)F)N1C[C@@H]2CCC[C@@]2(C(=O)O)C1. The van der Waals surface area contributed by atoms with Gasteiger partial charge in [0.1, 0.15) is 10.6 Å². The summed E-state index contributed by atoms with van der Waals surface area (Å²) in [5.74, 6) is -1.51. The van der Waals surface area contributed by atoms with Gasteiger partial charge in [0, 0.05) is 13.1 Å². The molecule has 1 saturated carbocycles. The van der Waals surface area contributed by atoms with Crippen LogP contribution in [0.15, 0.2) is 11.4 Å². The number of carbonyl (C=O) groups excluding carboxylic acids is 1. The van der Waals surface area contributed by atoms with Crippen LogP contribution in [0.25, 0.3) is 0 Å². The zero-order valence-corrected chi connectivity index (χ0v) is 12.4. The third kappa shape index (κ3) is 2.35. The van der Waals surface area contributed by atoms with Crippen molar-refractivity contribution in [2.45, 2.75) is 25.9 Å². The number of alkyl halides is 2. The standard InChI is InChI=1S/C14H15F2NO4S/c15-13(16)21-9-3-5-22-10(9)11(18)17-6-8-2-1-4-14(8,7-17)12(19)20/h3,5,8,13H,1-2,4,6-7H2,(H,19,20)/t8-,14+/m0/s1. The molecule has 2 fully saturated rings. The number of hydrogen-bond acceptors (Lipinski definition) is 4. The molecule has 2 aliphatic rings. The van der Waals surface area contributed by atoms with Crippen LogP contribution in [-0.2, 0) is 4.79 Å². The van der Waals surface area contributed by atoms with E-state index in [2.05, 4.69) is 4.74 Å². The van der Waals surface area contributed by atoms with Gasteiger partial charge in [0.05, 0.1) is 5.41 Å². The van der Waals surface area contributed by atoms with Crippen molar-refractivity contribution in [2.75, 3.05) is 13.1 Å². The largest absolute Gasteiger partial charge is 0.481 e. The van der Waals surface area contributed by atoms with E-state index in [1.165, 1.54) is 16.3 Å². The molecular formula is C14H15F2NO4S. The topological polar surface area (TPSA) is 66.8 Å². The van der Waals surface area contributed by atoms with Gasteiger partial charge in [-0.3, -0.25) is 9.59 Å². The van der Waals surface area contributed by atoms with Crippen molar-refractivity contribution < 1.29 is 28.2 Å². The molecule has 8 heteroatoms. The number of carboxylic acid groups (broad SMARTS) is 1. The molecule has 0 radical (unpaired) electrons. The molecule has 1 aromatic rings. The number of hydrogen-bond donors (Lipinski definition) is 1. The Labute approximate surface area is 129 Å². The van der Waals surface area contributed by atoms with Crippen LogP contribution < -0.4 is 4.74 Å². The van der Waals surface area contributed by atoms with E-state index < -0.39 is 23.9 Å². The van der Waals surface area contributed by atoms with Gasteiger partial charge >= 0.3 is 12.6 Å². The lowest BCUT2D eigenvalue weighted by Gasteiger charge is -2.23. The molecule has 1 saturated heterocycles. The van der Waals surface area contributed by atoms with E-state index >= 15 is 0 Å². The number of thiophene rings is 1. The fourth-order valence-electron chi connectivity index (χ4n) is 3.58. The van der Waals surface area contributed by atoms with Crippen LogP contribution in [0.2, 0.25) is 0 Å². The molecule has 0 bridgehead atoms. The Morgan fingerprint density at radius 3 is 2.91 bits per heavy atom. The fourth-order valence-corrected chi connectivity index (χ4v) is 4.37. The number of halogens is 2. The minimum atomic E-state index is -3.00. The zero-order valence-electron chi connectivity index (χ0n) is 11.6. The summed E-state index contributed by atoms with van der Waals surface area (Å²) in [6.07, 6.45) is 2.18. The van der Waals surface area contributed by atoms with Gasteiger partial charge in [-0.15, -0.1) is 11.3 Å². The second kappa shape index (κ2) is 5.49. The van der Waals surface area contributed by atoms with E-state index in [-0.39, 0.29) is 23.1 Å². The molecule has 1 N–H and O–H groups in total.